The van der Waals surface area contributed by atoms with Gasteiger partial charge < -0.3 is 14.2 Å². The number of para-hydroxylation sites is 2. The molecule has 0 amide bonds. The standard InChI is InChI=1S/C15H14BrFO3/c1-18-12-7-4-8-13(19-2)15(12)20-14-10(9-16)5-3-6-11(14)17/h3-8H,9H2,1-2H3. The number of halogens is 2. The Labute approximate surface area is 125 Å². The van der Waals surface area contributed by atoms with Gasteiger partial charge in [-0.15, -0.1) is 0 Å². The van der Waals surface area contributed by atoms with Gasteiger partial charge in [0.1, 0.15) is 0 Å². The van der Waals surface area contributed by atoms with E-state index in [9.17, 15) is 4.39 Å². The zero-order valence-corrected chi connectivity index (χ0v) is 12.7. The van der Waals surface area contributed by atoms with E-state index in [1.54, 1.807) is 30.3 Å². The van der Waals surface area contributed by atoms with E-state index < -0.39 is 5.82 Å². The van der Waals surface area contributed by atoms with Crippen molar-refractivity contribution >= 4 is 15.9 Å². The minimum Gasteiger partial charge on any atom is -0.493 e. The van der Waals surface area contributed by atoms with Crippen LogP contribution in [0.5, 0.6) is 23.0 Å². The van der Waals surface area contributed by atoms with Crippen LogP contribution in [0.1, 0.15) is 5.56 Å². The molecule has 2 aromatic rings. The molecule has 2 aromatic carbocycles. The van der Waals surface area contributed by atoms with Crippen molar-refractivity contribution in [2.45, 2.75) is 5.33 Å². The second-order valence-corrected chi connectivity index (χ2v) is 4.52. The zero-order chi connectivity index (χ0) is 14.5. The number of benzene rings is 2. The van der Waals surface area contributed by atoms with Crippen LogP contribution < -0.4 is 14.2 Å². The lowest BCUT2D eigenvalue weighted by atomic mass is 10.2. The average Bonchev–Trinajstić information content (AvgIpc) is 2.49. The zero-order valence-electron chi connectivity index (χ0n) is 11.2. The molecule has 0 fully saturated rings. The molecule has 0 saturated heterocycles. The predicted molar refractivity (Wildman–Crippen MR) is 78.7 cm³/mol. The summed E-state index contributed by atoms with van der Waals surface area (Å²) >= 11 is 3.32. The van der Waals surface area contributed by atoms with Crippen molar-refractivity contribution in [1.29, 1.82) is 0 Å². The van der Waals surface area contributed by atoms with Crippen LogP contribution in [-0.4, -0.2) is 14.2 Å². The molecule has 0 radical (unpaired) electrons. The molecule has 3 nitrogen and oxygen atoms in total. The highest BCUT2D eigenvalue weighted by Gasteiger charge is 2.17. The van der Waals surface area contributed by atoms with Crippen LogP contribution in [-0.2, 0) is 5.33 Å². The minimum absolute atomic E-state index is 0.159. The van der Waals surface area contributed by atoms with Crippen LogP contribution in [0.4, 0.5) is 4.39 Å². The fraction of sp³-hybridized carbons (Fsp3) is 0.200. The fourth-order valence-corrected chi connectivity index (χ4v) is 2.23. The highest BCUT2D eigenvalue weighted by Crippen LogP contribution is 2.41. The van der Waals surface area contributed by atoms with Crippen molar-refractivity contribution in [2.24, 2.45) is 0 Å². The lowest BCUT2D eigenvalue weighted by Gasteiger charge is -2.15. The number of hydrogen-bond acceptors (Lipinski definition) is 3. The van der Waals surface area contributed by atoms with Crippen LogP contribution in [0, 0.1) is 5.82 Å². The van der Waals surface area contributed by atoms with Crippen molar-refractivity contribution in [3.05, 3.63) is 47.8 Å². The summed E-state index contributed by atoms with van der Waals surface area (Å²) in [4.78, 5) is 0. The third kappa shape index (κ3) is 2.88. The highest BCUT2D eigenvalue weighted by atomic mass is 79.9. The maximum Gasteiger partial charge on any atom is 0.211 e. The SMILES string of the molecule is COc1cccc(OC)c1Oc1c(F)cccc1CBr. The first-order valence-electron chi connectivity index (χ1n) is 5.93. The summed E-state index contributed by atoms with van der Waals surface area (Å²) in [5.74, 6) is 1.04. The Kier molecular flexibility index (Phi) is 4.84. The summed E-state index contributed by atoms with van der Waals surface area (Å²) in [6, 6.07) is 10.0. The van der Waals surface area contributed by atoms with Gasteiger partial charge in [0, 0.05) is 10.9 Å². The van der Waals surface area contributed by atoms with Gasteiger partial charge in [0.2, 0.25) is 5.75 Å². The van der Waals surface area contributed by atoms with Crippen molar-refractivity contribution in [2.75, 3.05) is 14.2 Å². The Morgan fingerprint density at radius 2 is 1.55 bits per heavy atom. The van der Waals surface area contributed by atoms with Crippen LogP contribution >= 0.6 is 15.9 Å². The van der Waals surface area contributed by atoms with E-state index in [4.69, 9.17) is 14.2 Å². The maximum atomic E-state index is 14.0. The van der Waals surface area contributed by atoms with Crippen LogP contribution in [0.3, 0.4) is 0 Å². The van der Waals surface area contributed by atoms with E-state index in [1.165, 1.54) is 20.3 Å². The topological polar surface area (TPSA) is 27.7 Å². The van der Waals surface area contributed by atoms with Gasteiger partial charge in [0.25, 0.3) is 0 Å². The van der Waals surface area contributed by atoms with Gasteiger partial charge >= 0.3 is 0 Å². The largest absolute Gasteiger partial charge is 0.493 e. The second kappa shape index (κ2) is 6.61. The molecule has 0 aliphatic rings. The molecular weight excluding hydrogens is 327 g/mol. The maximum absolute atomic E-state index is 14.0. The summed E-state index contributed by atoms with van der Waals surface area (Å²) in [5.41, 5.74) is 0.706. The lowest BCUT2D eigenvalue weighted by molar-refractivity contribution is 0.339. The number of alkyl halides is 1. The number of rotatable bonds is 5. The molecule has 106 valence electrons. The van der Waals surface area contributed by atoms with Crippen molar-refractivity contribution in [3.8, 4) is 23.0 Å². The van der Waals surface area contributed by atoms with Gasteiger partial charge in [-0.3, -0.25) is 0 Å². The summed E-state index contributed by atoms with van der Waals surface area (Å²) in [6.07, 6.45) is 0. The second-order valence-electron chi connectivity index (χ2n) is 3.96. The predicted octanol–water partition coefficient (Wildman–Crippen LogP) is 4.53. The van der Waals surface area contributed by atoms with Crippen molar-refractivity contribution in [3.63, 3.8) is 0 Å². The minimum atomic E-state index is -0.435. The van der Waals surface area contributed by atoms with E-state index >= 15 is 0 Å². The van der Waals surface area contributed by atoms with Gasteiger partial charge in [-0.25, -0.2) is 4.39 Å². The molecule has 0 N–H and O–H groups in total. The van der Waals surface area contributed by atoms with E-state index in [1.807, 2.05) is 0 Å². The third-order valence-corrected chi connectivity index (χ3v) is 3.38. The highest BCUT2D eigenvalue weighted by molar-refractivity contribution is 9.08. The van der Waals surface area contributed by atoms with E-state index in [-0.39, 0.29) is 5.75 Å². The van der Waals surface area contributed by atoms with E-state index in [2.05, 4.69) is 15.9 Å². The van der Waals surface area contributed by atoms with E-state index in [0.717, 1.165) is 0 Å². The molecule has 0 aliphatic heterocycles. The first-order valence-corrected chi connectivity index (χ1v) is 7.05. The Hall–Kier alpha value is -1.75. The average molecular weight is 341 g/mol. The van der Waals surface area contributed by atoms with Gasteiger partial charge in [-0.05, 0) is 18.2 Å². The number of methoxy groups -OCH3 is 2. The Morgan fingerprint density at radius 3 is 2.10 bits per heavy atom. The normalized spacial score (nSPS) is 10.2. The van der Waals surface area contributed by atoms with Crippen LogP contribution in [0.2, 0.25) is 0 Å². The molecule has 5 heteroatoms. The van der Waals surface area contributed by atoms with Gasteiger partial charge in [-0.2, -0.15) is 0 Å². The molecule has 0 aromatic heterocycles. The van der Waals surface area contributed by atoms with E-state index in [0.29, 0.717) is 28.1 Å². The molecule has 0 heterocycles. The molecule has 0 saturated carbocycles. The smallest absolute Gasteiger partial charge is 0.211 e. The molecule has 2 rings (SSSR count). The quantitative estimate of drug-likeness (QED) is 0.748. The third-order valence-electron chi connectivity index (χ3n) is 2.78. The number of hydrogen-bond donors (Lipinski definition) is 0. The van der Waals surface area contributed by atoms with Gasteiger partial charge in [0.15, 0.2) is 23.1 Å². The van der Waals surface area contributed by atoms with Crippen LogP contribution in [0.25, 0.3) is 0 Å². The lowest BCUT2D eigenvalue weighted by Crippen LogP contribution is -1.98. The molecule has 0 aliphatic carbocycles. The Balaban J connectivity index is 2.49. The molecule has 0 spiro atoms. The van der Waals surface area contributed by atoms with Gasteiger partial charge in [0.05, 0.1) is 14.2 Å². The summed E-state index contributed by atoms with van der Waals surface area (Å²) < 4.78 is 30.2. The molecule has 0 unspecified atom stereocenters. The first kappa shape index (κ1) is 14.7. The molecular formula is C15H14BrFO3. The molecule has 20 heavy (non-hydrogen) atoms. The Morgan fingerprint density at radius 1 is 0.950 bits per heavy atom. The van der Waals surface area contributed by atoms with Crippen molar-refractivity contribution < 1.29 is 18.6 Å². The van der Waals surface area contributed by atoms with Crippen LogP contribution in [0.15, 0.2) is 36.4 Å². The van der Waals surface area contributed by atoms with Crippen molar-refractivity contribution in [1.82, 2.24) is 0 Å². The molecule has 0 bridgehead atoms. The first-order chi connectivity index (χ1) is 9.71. The molecule has 0 atom stereocenters. The summed E-state index contributed by atoms with van der Waals surface area (Å²) in [7, 11) is 3.04. The van der Waals surface area contributed by atoms with Gasteiger partial charge in [-0.1, -0.05) is 34.1 Å². The summed E-state index contributed by atoms with van der Waals surface area (Å²) in [6.45, 7) is 0. The fourth-order valence-electron chi connectivity index (χ4n) is 1.79. The monoisotopic (exact) mass is 340 g/mol. The number of ether oxygens (including phenoxy) is 3. The summed E-state index contributed by atoms with van der Waals surface area (Å²) in [5, 5.41) is 0.484. The Bertz CT molecular complexity index is 579.